The summed E-state index contributed by atoms with van der Waals surface area (Å²) in [5.41, 5.74) is 1.11. The van der Waals surface area contributed by atoms with Crippen molar-refractivity contribution in [2.75, 3.05) is 11.9 Å². The van der Waals surface area contributed by atoms with Crippen LogP contribution in [-0.2, 0) is 19.4 Å². The summed E-state index contributed by atoms with van der Waals surface area (Å²) in [6.45, 7) is 6.52. The van der Waals surface area contributed by atoms with Gasteiger partial charge in [0.15, 0.2) is 0 Å². The summed E-state index contributed by atoms with van der Waals surface area (Å²) < 4.78 is 5.52. The van der Waals surface area contributed by atoms with E-state index < -0.39 is 0 Å². The molecule has 2 heterocycles. The fraction of sp³-hybridized carbons (Fsp3) is 0.538. The summed E-state index contributed by atoms with van der Waals surface area (Å²) in [5.74, 6) is 2.96. The van der Waals surface area contributed by atoms with Gasteiger partial charge < -0.3 is 9.32 Å². The highest BCUT2D eigenvalue weighted by Gasteiger charge is 2.13. The molecular weight excluding hydrogens is 242 g/mol. The van der Waals surface area contributed by atoms with Crippen LogP contribution in [-0.4, -0.2) is 27.2 Å². The maximum absolute atomic E-state index is 5.52. The first kappa shape index (κ1) is 13.5. The van der Waals surface area contributed by atoms with Gasteiger partial charge in [-0.05, 0) is 13.3 Å². The largest absolute Gasteiger partial charge is 0.423 e. The highest BCUT2D eigenvalue weighted by Crippen LogP contribution is 2.18. The number of aryl methyl sites for hydroxylation is 3. The van der Waals surface area contributed by atoms with Gasteiger partial charge in [-0.3, -0.25) is 0 Å². The predicted molar refractivity (Wildman–Crippen MR) is 71.9 cm³/mol. The van der Waals surface area contributed by atoms with Gasteiger partial charge in [0.1, 0.15) is 11.6 Å². The van der Waals surface area contributed by atoms with Crippen LogP contribution in [0.2, 0.25) is 0 Å². The smallest absolute Gasteiger partial charge is 0.235 e. The molecule has 0 atom stereocenters. The van der Waals surface area contributed by atoms with Gasteiger partial charge in [-0.25, -0.2) is 9.97 Å². The molecule has 2 rings (SSSR count). The maximum Gasteiger partial charge on any atom is 0.235 e. The zero-order chi connectivity index (χ0) is 13.8. The third-order valence-corrected chi connectivity index (χ3v) is 2.89. The lowest BCUT2D eigenvalue weighted by molar-refractivity contribution is 0.452. The number of anilines is 1. The number of nitrogens with zero attached hydrogens (tertiary/aromatic N) is 5. The average molecular weight is 261 g/mol. The first-order valence-corrected chi connectivity index (χ1v) is 6.49. The van der Waals surface area contributed by atoms with E-state index in [0.29, 0.717) is 18.3 Å². The van der Waals surface area contributed by atoms with Gasteiger partial charge in [0.25, 0.3) is 0 Å². The summed E-state index contributed by atoms with van der Waals surface area (Å²) >= 11 is 0. The minimum absolute atomic E-state index is 0.552. The summed E-state index contributed by atoms with van der Waals surface area (Å²) in [4.78, 5) is 10.7. The molecule has 0 radical (unpaired) electrons. The maximum atomic E-state index is 5.52. The van der Waals surface area contributed by atoms with Gasteiger partial charge in [-0.1, -0.05) is 13.8 Å². The Balaban J connectivity index is 2.19. The van der Waals surface area contributed by atoms with Crippen molar-refractivity contribution >= 4 is 5.82 Å². The molecule has 0 saturated carbocycles. The van der Waals surface area contributed by atoms with Crippen LogP contribution in [0.5, 0.6) is 0 Å². The monoisotopic (exact) mass is 261 g/mol. The third kappa shape index (κ3) is 3.07. The first-order valence-electron chi connectivity index (χ1n) is 6.49. The van der Waals surface area contributed by atoms with E-state index >= 15 is 0 Å². The number of hydrogen-bond donors (Lipinski definition) is 0. The molecule has 2 aromatic rings. The van der Waals surface area contributed by atoms with E-state index in [2.05, 4.69) is 27.1 Å². The molecule has 0 bridgehead atoms. The SMILES string of the molecule is CCc1nnc(CN(C)c2nc(C)ncc2CC)o1. The Hall–Kier alpha value is -1.98. The minimum atomic E-state index is 0.552. The van der Waals surface area contributed by atoms with Crippen molar-refractivity contribution in [3.63, 3.8) is 0 Å². The van der Waals surface area contributed by atoms with Crippen LogP contribution in [0.25, 0.3) is 0 Å². The summed E-state index contributed by atoms with van der Waals surface area (Å²) in [6.07, 6.45) is 3.52. The van der Waals surface area contributed by atoms with Crippen LogP contribution in [0.1, 0.15) is 37.0 Å². The molecule has 102 valence electrons. The number of hydrogen-bond acceptors (Lipinski definition) is 6. The lowest BCUT2D eigenvalue weighted by Gasteiger charge is -2.19. The summed E-state index contributed by atoms with van der Waals surface area (Å²) in [6, 6.07) is 0. The van der Waals surface area contributed by atoms with Gasteiger partial charge in [-0.15, -0.1) is 10.2 Å². The van der Waals surface area contributed by atoms with E-state index in [1.165, 1.54) is 0 Å². The zero-order valence-electron chi connectivity index (χ0n) is 11.8. The lowest BCUT2D eigenvalue weighted by Crippen LogP contribution is -2.20. The Morgan fingerprint density at radius 1 is 1.16 bits per heavy atom. The van der Waals surface area contributed by atoms with Crippen LogP contribution in [0.3, 0.4) is 0 Å². The second kappa shape index (κ2) is 5.77. The number of aromatic nitrogens is 4. The molecule has 0 aliphatic rings. The normalized spacial score (nSPS) is 10.7. The van der Waals surface area contributed by atoms with Gasteiger partial charge in [0.2, 0.25) is 11.8 Å². The van der Waals surface area contributed by atoms with Crippen molar-refractivity contribution in [1.82, 2.24) is 20.2 Å². The van der Waals surface area contributed by atoms with E-state index in [1.54, 1.807) is 0 Å². The van der Waals surface area contributed by atoms with Crippen LogP contribution in [0, 0.1) is 6.92 Å². The van der Waals surface area contributed by atoms with E-state index in [9.17, 15) is 0 Å². The van der Waals surface area contributed by atoms with Gasteiger partial charge in [-0.2, -0.15) is 0 Å². The fourth-order valence-corrected chi connectivity index (χ4v) is 1.84. The molecular formula is C13H19N5O. The van der Waals surface area contributed by atoms with Crippen LogP contribution in [0.4, 0.5) is 5.82 Å². The van der Waals surface area contributed by atoms with Gasteiger partial charge >= 0.3 is 0 Å². The van der Waals surface area contributed by atoms with Crippen LogP contribution >= 0.6 is 0 Å². The molecule has 19 heavy (non-hydrogen) atoms. The molecule has 0 amide bonds. The van der Waals surface area contributed by atoms with Crippen LogP contribution in [0.15, 0.2) is 10.6 Å². The predicted octanol–water partition coefficient (Wildman–Crippen LogP) is 1.93. The van der Waals surface area contributed by atoms with Crippen molar-refractivity contribution in [1.29, 1.82) is 0 Å². The highest BCUT2D eigenvalue weighted by atomic mass is 16.4. The van der Waals surface area contributed by atoms with E-state index in [-0.39, 0.29) is 0 Å². The fourth-order valence-electron chi connectivity index (χ4n) is 1.84. The second-order valence-corrected chi connectivity index (χ2v) is 4.42. The molecule has 0 saturated heterocycles. The van der Waals surface area contributed by atoms with Crippen molar-refractivity contribution in [3.8, 4) is 0 Å². The third-order valence-electron chi connectivity index (χ3n) is 2.89. The Morgan fingerprint density at radius 3 is 2.53 bits per heavy atom. The summed E-state index contributed by atoms with van der Waals surface area (Å²) in [7, 11) is 1.97. The Labute approximate surface area is 112 Å². The molecule has 0 spiro atoms. The van der Waals surface area contributed by atoms with Crippen LogP contribution < -0.4 is 4.90 Å². The Morgan fingerprint density at radius 2 is 1.89 bits per heavy atom. The number of rotatable bonds is 5. The molecule has 6 heteroatoms. The van der Waals surface area contributed by atoms with E-state index in [0.717, 1.165) is 30.0 Å². The Kier molecular flexibility index (Phi) is 4.09. The van der Waals surface area contributed by atoms with Gasteiger partial charge in [0, 0.05) is 25.2 Å². The topological polar surface area (TPSA) is 67.9 Å². The second-order valence-electron chi connectivity index (χ2n) is 4.42. The molecule has 0 aliphatic heterocycles. The van der Waals surface area contributed by atoms with Crippen molar-refractivity contribution in [2.45, 2.75) is 40.2 Å². The minimum Gasteiger partial charge on any atom is -0.423 e. The van der Waals surface area contributed by atoms with E-state index in [4.69, 9.17) is 4.42 Å². The summed E-state index contributed by atoms with van der Waals surface area (Å²) in [5, 5.41) is 7.99. The molecule has 0 aromatic carbocycles. The van der Waals surface area contributed by atoms with Crippen molar-refractivity contribution in [3.05, 3.63) is 29.4 Å². The quantitative estimate of drug-likeness (QED) is 0.819. The van der Waals surface area contributed by atoms with Crippen molar-refractivity contribution in [2.24, 2.45) is 0 Å². The molecule has 0 N–H and O–H groups in total. The molecule has 2 aromatic heterocycles. The first-order chi connectivity index (χ1) is 9.13. The lowest BCUT2D eigenvalue weighted by atomic mass is 10.2. The standard InChI is InChI=1S/C13H19N5O/c1-5-10-7-14-9(3)15-13(10)18(4)8-12-17-16-11(6-2)19-12/h7H,5-6,8H2,1-4H3. The molecule has 0 aliphatic carbocycles. The molecule has 0 fully saturated rings. The highest BCUT2D eigenvalue weighted by molar-refractivity contribution is 5.45. The molecule has 0 unspecified atom stereocenters. The van der Waals surface area contributed by atoms with E-state index in [1.807, 2.05) is 32.0 Å². The molecule has 6 nitrogen and oxygen atoms in total. The zero-order valence-corrected chi connectivity index (χ0v) is 11.8. The van der Waals surface area contributed by atoms with Gasteiger partial charge in [0.05, 0.1) is 6.54 Å². The average Bonchev–Trinajstić information content (AvgIpc) is 2.86. The Bertz CT molecular complexity index is 552. The van der Waals surface area contributed by atoms with Crippen molar-refractivity contribution < 1.29 is 4.42 Å².